The van der Waals surface area contributed by atoms with Crippen LogP contribution in [0, 0.1) is 6.92 Å². The molecule has 174 valence electrons. The van der Waals surface area contributed by atoms with E-state index in [-0.39, 0.29) is 24.6 Å². The first-order valence-electron chi connectivity index (χ1n) is 10.7. The maximum absolute atomic E-state index is 12.2. The Balaban J connectivity index is 1.65. The number of nitrogens with zero attached hydrogens (tertiary/aromatic N) is 4. The molecule has 0 unspecified atom stereocenters. The fraction of sp³-hybridized carbons (Fsp3) is 0.240. The second-order valence-electron chi connectivity index (χ2n) is 7.73. The molecule has 0 saturated carbocycles. The van der Waals surface area contributed by atoms with E-state index in [0.717, 1.165) is 5.56 Å². The minimum absolute atomic E-state index is 0.197. The Bertz CT molecular complexity index is 1320. The summed E-state index contributed by atoms with van der Waals surface area (Å²) in [5.74, 6) is -0.208. The molecule has 9 nitrogen and oxygen atoms in total. The molecular weight excluding hydrogens is 436 g/mol. The van der Waals surface area contributed by atoms with Crippen LogP contribution in [0.25, 0.3) is 22.0 Å². The molecule has 0 amide bonds. The molecule has 0 spiro atoms. The molecule has 0 atom stereocenters. The normalized spacial score (nSPS) is 11.0. The quantitative estimate of drug-likeness (QED) is 0.281. The first kappa shape index (κ1) is 23.1. The SMILES string of the molecule is CC(=O)c1nn(CC(=O)O)c2cc(OCCOCc3ccccc3)c(-c3cnc(C)nc3)cc12. The zero-order valence-corrected chi connectivity index (χ0v) is 18.9. The van der Waals surface area contributed by atoms with Gasteiger partial charge in [0.05, 0.1) is 18.7 Å². The predicted molar refractivity (Wildman–Crippen MR) is 125 cm³/mol. The number of aromatic nitrogens is 4. The summed E-state index contributed by atoms with van der Waals surface area (Å²) in [6.45, 7) is 3.90. The third-order valence-corrected chi connectivity index (χ3v) is 5.16. The minimum atomic E-state index is -1.06. The molecule has 0 radical (unpaired) electrons. The molecule has 0 saturated heterocycles. The second kappa shape index (κ2) is 10.2. The summed E-state index contributed by atoms with van der Waals surface area (Å²) in [6.07, 6.45) is 3.36. The van der Waals surface area contributed by atoms with Gasteiger partial charge >= 0.3 is 5.97 Å². The Kier molecular flexibility index (Phi) is 6.93. The second-order valence-corrected chi connectivity index (χ2v) is 7.73. The van der Waals surface area contributed by atoms with Gasteiger partial charge in [0, 0.05) is 41.9 Å². The summed E-state index contributed by atoms with van der Waals surface area (Å²) in [7, 11) is 0. The van der Waals surface area contributed by atoms with E-state index in [1.165, 1.54) is 11.6 Å². The summed E-state index contributed by atoms with van der Waals surface area (Å²) in [5.41, 5.74) is 3.13. The first-order chi connectivity index (χ1) is 16.4. The summed E-state index contributed by atoms with van der Waals surface area (Å²) in [4.78, 5) is 32.1. The van der Waals surface area contributed by atoms with Crippen LogP contribution in [-0.2, 0) is 22.7 Å². The number of carbonyl (C=O) groups excluding carboxylic acids is 1. The van der Waals surface area contributed by atoms with Crippen molar-refractivity contribution in [3.05, 3.63) is 71.9 Å². The van der Waals surface area contributed by atoms with Crippen LogP contribution in [-0.4, -0.2) is 49.8 Å². The number of carboxylic acid groups (broad SMARTS) is 1. The highest BCUT2D eigenvalue weighted by molar-refractivity contribution is 6.06. The highest BCUT2D eigenvalue weighted by atomic mass is 16.5. The van der Waals surface area contributed by atoms with Crippen molar-refractivity contribution in [2.45, 2.75) is 27.0 Å². The lowest BCUT2D eigenvalue weighted by atomic mass is 10.0. The molecule has 9 heteroatoms. The molecule has 0 aliphatic carbocycles. The maximum atomic E-state index is 12.2. The summed E-state index contributed by atoms with van der Waals surface area (Å²) < 4.78 is 13.1. The van der Waals surface area contributed by atoms with Crippen molar-refractivity contribution in [3.63, 3.8) is 0 Å². The molecule has 0 bridgehead atoms. The van der Waals surface area contributed by atoms with Crippen LogP contribution >= 0.6 is 0 Å². The van der Waals surface area contributed by atoms with E-state index in [2.05, 4.69) is 15.1 Å². The van der Waals surface area contributed by atoms with Gasteiger partial charge in [-0.3, -0.25) is 14.3 Å². The number of carboxylic acids is 1. The van der Waals surface area contributed by atoms with E-state index in [1.54, 1.807) is 31.5 Å². The molecule has 4 rings (SSSR count). The van der Waals surface area contributed by atoms with Gasteiger partial charge in [0.2, 0.25) is 0 Å². The Morgan fingerprint density at radius 1 is 1.06 bits per heavy atom. The van der Waals surface area contributed by atoms with Crippen LogP contribution in [0.1, 0.15) is 28.8 Å². The largest absolute Gasteiger partial charge is 0.490 e. The molecule has 4 aromatic rings. The number of ether oxygens (including phenoxy) is 2. The molecule has 2 aromatic carbocycles. The topological polar surface area (TPSA) is 116 Å². The Labute approximate surface area is 196 Å². The van der Waals surface area contributed by atoms with Gasteiger partial charge < -0.3 is 14.6 Å². The van der Waals surface area contributed by atoms with Crippen molar-refractivity contribution in [1.82, 2.24) is 19.7 Å². The van der Waals surface area contributed by atoms with Crippen LogP contribution in [0.5, 0.6) is 5.75 Å². The highest BCUT2D eigenvalue weighted by Gasteiger charge is 2.20. The van der Waals surface area contributed by atoms with Gasteiger partial charge in [-0.2, -0.15) is 5.10 Å². The van der Waals surface area contributed by atoms with Crippen molar-refractivity contribution in [2.24, 2.45) is 0 Å². The maximum Gasteiger partial charge on any atom is 0.325 e. The Morgan fingerprint density at radius 2 is 1.79 bits per heavy atom. The summed E-state index contributed by atoms with van der Waals surface area (Å²) in [5, 5.41) is 14.1. The number of carbonyl (C=O) groups is 2. The van der Waals surface area contributed by atoms with E-state index in [4.69, 9.17) is 9.47 Å². The predicted octanol–water partition coefficient (Wildman–Crippen LogP) is 3.68. The van der Waals surface area contributed by atoms with Crippen molar-refractivity contribution < 1.29 is 24.2 Å². The smallest absolute Gasteiger partial charge is 0.325 e. The molecular formula is C25H24N4O5. The van der Waals surface area contributed by atoms with Gasteiger partial charge in [0.25, 0.3) is 0 Å². The lowest BCUT2D eigenvalue weighted by Crippen LogP contribution is -2.11. The number of benzene rings is 2. The minimum Gasteiger partial charge on any atom is -0.490 e. The lowest BCUT2D eigenvalue weighted by molar-refractivity contribution is -0.137. The number of fused-ring (bicyclic) bond motifs is 1. The summed E-state index contributed by atoms with van der Waals surface area (Å²) in [6, 6.07) is 13.3. The van der Waals surface area contributed by atoms with Gasteiger partial charge in [-0.15, -0.1) is 0 Å². The number of hydrogen-bond donors (Lipinski definition) is 1. The van der Waals surface area contributed by atoms with Gasteiger partial charge in [-0.25, -0.2) is 9.97 Å². The highest BCUT2D eigenvalue weighted by Crippen LogP contribution is 2.35. The van der Waals surface area contributed by atoms with Crippen molar-refractivity contribution in [3.8, 4) is 16.9 Å². The van der Waals surface area contributed by atoms with E-state index in [0.29, 0.717) is 46.8 Å². The zero-order chi connectivity index (χ0) is 24.1. The van der Waals surface area contributed by atoms with Crippen LogP contribution in [0.15, 0.2) is 54.9 Å². The Hall–Kier alpha value is -4.11. The average Bonchev–Trinajstić information content (AvgIpc) is 3.16. The molecule has 1 N–H and O–H groups in total. The number of aliphatic carboxylic acids is 1. The number of Topliss-reactive ketones (excluding diaryl/α,β-unsaturated/α-hetero) is 1. The van der Waals surface area contributed by atoms with E-state index < -0.39 is 5.97 Å². The average molecular weight is 460 g/mol. The molecule has 2 heterocycles. The van der Waals surface area contributed by atoms with Gasteiger partial charge in [0.1, 0.15) is 30.4 Å². The van der Waals surface area contributed by atoms with Crippen LogP contribution < -0.4 is 4.74 Å². The monoisotopic (exact) mass is 460 g/mol. The summed E-state index contributed by atoms with van der Waals surface area (Å²) >= 11 is 0. The number of hydrogen-bond acceptors (Lipinski definition) is 7. The number of ketones is 1. The van der Waals surface area contributed by atoms with Gasteiger partial charge in [-0.1, -0.05) is 30.3 Å². The fourth-order valence-corrected chi connectivity index (χ4v) is 3.56. The van der Waals surface area contributed by atoms with E-state index in [1.807, 2.05) is 30.3 Å². The van der Waals surface area contributed by atoms with Crippen molar-refractivity contribution >= 4 is 22.7 Å². The first-order valence-corrected chi connectivity index (χ1v) is 10.7. The Morgan fingerprint density at radius 3 is 2.47 bits per heavy atom. The van der Waals surface area contributed by atoms with Gasteiger partial charge in [0.15, 0.2) is 5.78 Å². The van der Waals surface area contributed by atoms with Crippen molar-refractivity contribution in [1.29, 1.82) is 0 Å². The standard InChI is InChI=1S/C25H24N4O5/c1-16(30)25-21-10-20(19-12-26-17(2)27-13-19)23(11-22(21)29(28-25)14-24(31)32)34-9-8-33-15-18-6-4-3-5-7-18/h3-7,10-13H,8-9,14-15H2,1-2H3,(H,31,32). The van der Waals surface area contributed by atoms with E-state index in [9.17, 15) is 14.7 Å². The lowest BCUT2D eigenvalue weighted by Gasteiger charge is -2.13. The fourth-order valence-electron chi connectivity index (χ4n) is 3.56. The van der Waals surface area contributed by atoms with Crippen molar-refractivity contribution in [2.75, 3.05) is 13.2 Å². The van der Waals surface area contributed by atoms with Crippen LogP contribution in [0.4, 0.5) is 0 Å². The number of aryl methyl sites for hydroxylation is 1. The van der Waals surface area contributed by atoms with Crippen LogP contribution in [0.2, 0.25) is 0 Å². The van der Waals surface area contributed by atoms with E-state index >= 15 is 0 Å². The molecule has 2 aromatic heterocycles. The van der Waals surface area contributed by atoms with Gasteiger partial charge in [-0.05, 0) is 18.6 Å². The molecule has 0 aliphatic rings. The van der Waals surface area contributed by atoms with Crippen LogP contribution in [0.3, 0.4) is 0 Å². The zero-order valence-electron chi connectivity index (χ0n) is 18.9. The third-order valence-electron chi connectivity index (χ3n) is 5.16. The molecule has 0 fully saturated rings. The molecule has 0 aliphatic heterocycles. The number of rotatable bonds is 10. The third kappa shape index (κ3) is 5.26. The molecule has 34 heavy (non-hydrogen) atoms.